The van der Waals surface area contributed by atoms with Gasteiger partial charge < -0.3 is 28.4 Å². The van der Waals surface area contributed by atoms with Gasteiger partial charge in [-0.2, -0.15) is 20.3 Å². The van der Waals surface area contributed by atoms with Gasteiger partial charge in [-0.3, -0.25) is 38.4 Å². The van der Waals surface area contributed by atoms with Crippen molar-refractivity contribution in [1.82, 2.24) is 9.80 Å². The maximum Gasteiger partial charge on any atom is 0.424 e. The number of hydrogen-bond acceptors (Lipinski definition) is 23. The molecule has 101 heavy (non-hydrogen) atoms. The van der Waals surface area contributed by atoms with Crippen LogP contribution >= 0.6 is 34.0 Å². The molecule has 498 valence electrons. The van der Waals surface area contributed by atoms with Crippen LogP contribution in [0.3, 0.4) is 0 Å². The number of ether oxygens (including phenoxy) is 6. The molecular weight excluding hydrogens is 1350 g/mol. The van der Waals surface area contributed by atoms with Gasteiger partial charge in [-0.15, -0.1) is 34.0 Å². The average molecular weight is 1400 g/mol. The molecule has 3 aromatic heterocycles. The first-order valence-electron chi connectivity index (χ1n) is 30.9. The predicted octanol–water partition coefficient (Wildman–Crippen LogP) is 12.3. The molecule has 5 heterocycles. The number of carbonyl (C=O) groups is 10. The molecule has 25 heteroatoms. The number of imide groups is 6. The Morgan fingerprint density at radius 1 is 0.376 bits per heavy atom. The first-order valence-corrected chi connectivity index (χ1v) is 33.3. The molecule has 4 aliphatic rings. The van der Waals surface area contributed by atoms with E-state index in [1.165, 1.54) is 26.0 Å². The summed E-state index contributed by atoms with van der Waals surface area (Å²) in [6.07, 6.45) is -0.235. The number of thiophene rings is 3. The minimum absolute atomic E-state index is 0.101. The van der Waals surface area contributed by atoms with Gasteiger partial charge in [0.25, 0.3) is 23.6 Å². The van der Waals surface area contributed by atoms with Crippen LogP contribution in [-0.2, 0) is 117 Å². The van der Waals surface area contributed by atoms with Crippen LogP contribution in [-0.4, -0.2) is 80.9 Å². The smallest absolute Gasteiger partial charge is 0.424 e. The lowest BCUT2D eigenvalue weighted by Gasteiger charge is -2.29. The Kier molecular flexibility index (Phi) is 18.6. The zero-order valence-corrected chi connectivity index (χ0v) is 55.6. The minimum Gasteiger partial charge on any atom is -0.459 e. The van der Waals surface area contributed by atoms with E-state index in [1.54, 1.807) is 194 Å². The van der Waals surface area contributed by atoms with Gasteiger partial charge in [0.2, 0.25) is 10.8 Å². The van der Waals surface area contributed by atoms with Gasteiger partial charge in [0.1, 0.15) is 74.3 Å². The Labute approximate surface area is 585 Å². The summed E-state index contributed by atoms with van der Waals surface area (Å²) in [7, 11) is 0. The highest BCUT2D eigenvalue weighted by Crippen LogP contribution is 2.61. The minimum atomic E-state index is -2.85. The molecule has 6 amide bonds. The van der Waals surface area contributed by atoms with Crippen molar-refractivity contribution in [2.75, 3.05) is 0 Å². The van der Waals surface area contributed by atoms with Gasteiger partial charge in [-0.1, -0.05) is 182 Å². The van der Waals surface area contributed by atoms with E-state index in [2.05, 4.69) is 0 Å². The first-order chi connectivity index (χ1) is 49.0. The van der Waals surface area contributed by atoms with Crippen molar-refractivity contribution in [3.8, 4) is 12.1 Å². The van der Waals surface area contributed by atoms with Crippen molar-refractivity contribution in [2.24, 2.45) is 9.98 Å². The van der Waals surface area contributed by atoms with Crippen molar-refractivity contribution < 1.29 is 76.4 Å². The molecule has 0 unspecified atom stereocenters. The third-order valence-corrected chi connectivity index (χ3v) is 20.8. The topological polar surface area (TPSA) is 305 Å². The van der Waals surface area contributed by atoms with Crippen LogP contribution in [0.5, 0.6) is 0 Å². The quantitative estimate of drug-likeness (QED) is 0.0333. The van der Waals surface area contributed by atoms with E-state index in [0.29, 0.717) is 42.8 Å². The highest BCUT2D eigenvalue weighted by molar-refractivity contribution is 7.39. The molecule has 22 nitrogen and oxygen atoms in total. The fraction of sp³-hybridized carbons (Fsp3) is 0.132. The van der Waals surface area contributed by atoms with E-state index in [9.17, 15) is 39.3 Å². The van der Waals surface area contributed by atoms with Crippen molar-refractivity contribution in [1.29, 1.82) is 10.5 Å². The van der Waals surface area contributed by atoms with E-state index in [-0.39, 0.29) is 51.2 Å². The predicted molar refractivity (Wildman–Crippen MR) is 368 cm³/mol. The summed E-state index contributed by atoms with van der Waals surface area (Å²) in [5.41, 5.74) is -7.55. The average Bonchev–Trinajstić information content (AvgIpc) is 1.51. The number of carbonyl (C=O) groups excluding carboxylic acids is 10. The fourth-order valence-electron chi connectivity index (χ4n) is 11.8. The highest BCUT2D eigenvalue weighted by Gasteiger charge is 2.63. The first kappa shape index (κ1) is 66.9. The second-order valence-electron chi connectivity index (χ2n) is 23.0. The fourth-order valence-corrected chi connectivity index (χ4v) is 16.4. The lowest BCUT2D eigenvalue weighted by Crippen LogP contribution is -2.51. The molecule has 0 spiro atoms. The summed E-state index contributed by atoms with van der Waals surface area (Å²) in [6.45, 7) is -0.0983. The van der Waals surface area contributed by atoms with Crippen LogP contribution in [0, 0.1) is 22.7 Å². The number of fused-ring (bicyclic) bond motifs is 7. The summed E-state index contributed by atoms with van der Waals surface area (Å²) in [6, 6.07) is 54.0. The van der Waals surface area contributed by atoms with E-state index in [4.69, 9.17) is 38.4 Å². The monoisotopic (exact) mass is 1400 g/mol. The zero-order valence-electron chi connectivity index (χ0n) is 53.2. The molecule has 2 aliphatic heterocycles. The third kappa shape index (κ3) is 12.1. The number of benzene rings is 6. The Bertz CT molecular complexity index is 4840. The SMILES string of the molecule is CC1=C(C#N)C(=O)N(C(=O)OCc2ccccc2)C(=O)C1=NC1=Cc2sc3c(sc4c5c(sc43)C=C(N=C3C(=O)N(C(=O)OCc4ccccc4)C(=O)C(C#N)=C3C)C5(C(=O)OCc3ccccc3)C(=O)OCc3ccccc3)c2C1(C(=O)OCc1ccccc1)C(=O)OCc1ccccc1. The van der Waals surface area contributed by atoms with E-state index in [0.717, 1.165) is 34.0 Å². The van der Waals surface area contributed by atoms with Crippen molar-refractivity contribution in [2.45, 2.75) is 64.3 Å². The summed E-state index contributed by atoms with van der Waals surface area (Å²) in [5.74, 6) is -10.6. The summed E-state index contributed by atoms with van der Waals surface area (Å²) in [4.78, 5) is 160. The van der Waals surface area contributed by atoms with Crippen molar-refractivity contribution in [3.05, 3.63) is 270 Å². The third-order valence-electron chi connectivity index (χ3n) is 16.9. The number of rotatable bonds is 18. The van der Waals surface area contributed by atoms with E-state index < -0.39 is 144 Å². The molecular formula is C76H50N6O16S3. The van der Waals surface area contributed by atoms with Crippen molar-refractivity contribution in [3.63, 3.8) is 0 Å². The molecule has 0 saturated carbocycles. The molecule has 0 saturated heterocycles. The van der Waals surface area contributed by atoms with Crippen LogP contribution in [0.25, 0.3) is 31.0 Å². The molecule has 0 atom stereocenters. The Morgan fingerprint density at radius 3 is 0.891 bits per heavy atom. The lowest BCUT2D eigenvalue weighted by atomic mass is 9.80. The van der Waals surface area contributed by atoms with Gasteiger partial charge in [-0.05, 0) is 59.4 Å². The Hall–Kier alpha value is -12.7. The normalized spacial score (nSPS) is 16.0. The zero-order chi connectivity index (χ0) is 70.7. The van der Waals surface area contributed by atoms with Gasteiger partial charge in [0.15, 0.2) is 0 Å². The molecule has 13 rings (SSSR count). The largest absolute Gasteiger partial charge is 0.459 e. The van der Waals surface area contributed by atoms with E-state index in [1.807, 2.05) is 0 Å². The van der Waals surface area contributed by atoms with Gasteiger partial charge in [-0.25, -0.2) is 19.6 Å². The van der Waals surface area contributed by atoms with Gasteiger partial charge in [0.05, 0.1) is 30.2 Å². The number of hydrogen-bond donors (Lipinski definition) is 0. The summed E-state index contributed by atoms with van der Waals surface area (Å²) < 4.78 is 36.7. The van der Waals surface area contributed by atoms with Crippen LogP contribution in [0.15, 0.2) is 226 Å². The number of amides is 6. The Balaban J connectivity index is 1.02. The molecule has 9 aromatic rings. The standard InChI is InChI=1S/C76H50N6O16S3/c1-43-51(35-77)65(83)81(73(91)97-41-49-29-17-7-18-30-49)67(85)59(43)79-55-33-53-57(75(55,69(87)93-37-45-21-9-3-10-22-45)70(88)94-38-46-23-11-4-12-24-46)61-63(99-53)64-62(101-61)58-54(100-64)34-56(76(58,71(89)95-39-47-25-13-5-14-26-47)72(90)96-40-48-27-15-6-16-28-48)80-60-44(2)52(36-78)66(84)82(68(60)86)74(92)98-42-50-31-19-8-20-32-50/h3-34H,37-42H2,1-2H3. The molecule has 6 aromatic carbocycles. The number of aliphatic imine (C=N–C) groups is 2. The highest BCUT2D eigenvalue weighted by atomic mass is 32.1. The maximum absolute atomic E-state index is 16.0. The molecule has 0 radical (unpaired) electrons. The number of nitrogens with zero attached hydrogens (tertiary/aromatic N) is 6. The molecule has 2 aliphatic carbocycles. The second kappa shape index (κ2) is 28.0. The number of nitriles is 2. The molecule has 0 fully saturated rings. The maximum atomic E-state index is 16.0. The molecule has 0 N–H and O–H groups in total. The van der Waals surface area contributed by atoms with Gasteiger partial charge >= 0.3 is 36.1 Å². The summed E-state index contributed by atoms with van der Waals surface area (Å²) in [5, 5.41) is 21.1. The Morgan fingerprint density at radius 2 is 0.634 bits per heavy atom. The van der Waals surface area contributed by atoms with E-state index >= 15 is 19.2 Å². The molecule has 0 bridgehead atoms. The summed E-state index contributed by atoms with van der Waals surface area (Å²) >= 11 is 2.95. The van der Waals surface area contributed by atoms with Gasteiger partial charge in [0, 0.05) is 32.0 Å². The van der Waals surface area contributed by atoms with Crippen LogP contribution in [0.4, 0.5) is 9.59 Å². The lowest BCUT2D eigenvalue weighted by molar-refractivity contribution is -0.166. The van der Waals surface area contributed by atoms with Crippen molar-refractivity contribution >= 4 is 136 Å². The van der Waals surface area contributed by atoms with Crippen LogP contribution in [0.1, 0.15) is 68.1 Å². The second-order valence-corrected chi connectivity index (χ2v) is 26.1. The number of esters is 4. The van der Waals surface area contributed by atoms with Crippen LogP contribution in [0.2, 0.25) is 0 Å². The van der Waals surface area contributed by atoms with Crippen LogP contribution < -0.4 is 0 Å².